The molecule has 3 nitrogen and oxygen atoms in total. The van der Waals surface area contributed by atoms with Gasteiger partial charge in [-0.2, -0.15) is 0 Å². The van der Waals surface area contributed by atoms with E-state index in [9.17, 15) is 5.11 Å². The van der Waals surface area contributed by atoms with E-state index in [1.807, 2.05) is 6.92 Å². The first-order valence-electron chi connectivity index (χ1n) is 6.54. The average molecular weight is 229 g/mol. The number of rotatable bonds is 7. The second kappa shape index (κ2) is 6.58. The summed E-state index contributed by atoms with van der Waals surface area (Å²) in [6.45, 7) is 8.74. The van der Waals surface area contributed by atoms with Crippen LogP contribution in [-0.2, 0) is 4.74 Å². The Kier molecular flexibility index (Phi) is 5.73. The van der Waals surface area contributed by atoms with E-state index in [0.717, 1.165) is 26.0 Å². The molecule has 1 rings (SSSR count). The Bertz CT molecular complexity index is 186. The van der Waals surface area contributed by atoms with Crippen LogP contribution in [0.1, 0.15) is 46.5 Å². The molecule has 0 aliphatic carbocycles. The van der Waals surface area contributed by atoms with Crippen molar-refractivity contribution in [1.82, 2.24) is 5.32 Å². The van der Waals surface area contributed by atoms with E-state index in [0.29, 0.717) is 18.6 Å². The summed E-state index contributed by atoms with van der Waals surface area (Å²) in [5.74, 6) is 0.537. The molecule has 0 spiro atoms. The van der Waals surface area contributed by atoms with Crippen molar-refractivity contribution in [2.75, 3.05) is 19.7 Å². The molecule has 0 bridgehead atoms. The summed E-state index contributed by atoms with van der Waals surface area (Å²) in [6, 6.07) is 0. The summed E-state index contributed by atoms with van der Waals surface area (Å²) in [7, 11) is 0. The number of hydrogen-bond acceptors (Lipinski definition) is 3. The molecule has 96 valence electrons. The monoisotopic (exact) mass is 229 g/mol. The van der Waals surface area contributed by atoms with Gasteiger partial charge in [0.1, 0.15) is 0 Å². The Morgan fingerprint density at radius 2 is 2.25 bits per heavy atom. The van der Waals surface area contributed by atoms with Gasteiger partial charge in [0.2, 0.25) is 0 Å². The van der Waals surface area contributed by atoms with Crippen LogP contribution < -0.4 is 5.32 Å². The van der Waals surface area contributed by atoms with Gasteiger partial charge in [-0.25, -0.2) is 0 Å². The van der Waals surface area contributed by atoms with Crippen LogP contribution in [0.15, 0.2) is 0 Å². The highest BCUT2D eigenvalue weighted by molar-refractivity contribution is 4.77. The van der Waals surface area contributed by atoms with Gasteiger partial charge in [0, 0.05) is 13.2 Å². The Morgan fingerprint density at radius 3 is 2.81 bits per heavy atom. The van der Waals surface area contributed by atoms with Crippen LogP contribution in [0.3, 0.4) is 0 Å². The molecule has 0 amide bonds. The van der Waals surface area contributed by atoms with Crippen molar-refractivity contribution >= 4 is 0 Å². The topological polar surface area (TPSA) is 41.5 Å². The van der Waals surface area contributed by atoms with Crippen molar-refractivity contribution in [3.63, 3.8) is 0 Å². The van der Waals surface area contributed by atoms with Gasteiger partial charge in [-0.1, -0.05) is 13.8 Å². The summed E-state index contributed by atoms with van der Waals surface area (Å²) < 4.78 is 5.55. The molecule has 1 aliphatic rings. The highest BCUT2D eigenvalue weighted by Crippen LogP contribution is 2.16. The molecule has 2 unspecified atom stereocenters. The van der Waals surface area contributed by atoms with E-state index in [2.05, 4.69) is 19.2 Å². The highest BCUT2D eigenvalue weighted by atomic mass is 16.5. The van der Waals surface area contributed by atoms with Crippen molar-refractivity contribution in [2.24, 2.45) is 5.92 Å². The van der Waals surface area contributed by atoms with E-state index in [4.69, 9.17) is 4.74 Å². The van der Waals surface area contributed by atoms with Crippen LogP contribution in [0.25, 0.3) is 0 Å². The maximum absolute atomic E-state index is 10.1. The van der Waals surface area contributed by atoms with Gasteiger partial charge in [0.25, 0.3) is 0 Å². The first kappa shape index (κ1) is 13.9. The van der Waals surface area contributed by atoms with E-state index < -0.39 is 5.60 Å². The Labute approximate surface area is 99.6 Å². The van der Waals surface area contributed by atoms with Gasteiger partial charge in [-0.05, 0) is 45.1 Å². The molecule has 0 radical (unpaired) electrons. The molecule has 1 fully saturated rings. The zero-order valence-electron chi connectivity index (χ0n) is 11.0. The molecule has 2 N–H and O–H groups in total. The first-order valence-corrected chi connectivity index (χ1v) is 6.54. The number of nitrogens with one attached hydrogen (secondary N) is 1. The van der Waals surface area contributed by atoms with E-state index in [1.165, 1.54) is 12.8 Å². The lowest BCUT2D eigenvalue weighted by atomic mass is 9.94. The molecule has 0 aromatic heterocycles. The first-order chi connectivity index (χ1) is 7.49. The van der Waals surface area contributed by atoms with Gasteiger partial charge in [0.15, 0.2) is 0 Å². The van der Waals surface area contributed by atoms with E-state index in [1.54, 1.807) is 0 Å². The summed E-state index contributed by atoms with van der Waals surface area (Å²) in [5, 5.41) is 13.4. The lowest BCUT2D eigenvalue weighted by Gasteiger charge is -2.26. The minimum atomic E-state index is -0.579. The number of aliphatic hydroxyl groups is 1. The quantitative estimate of drug-likeness (QED) is 0.656. The summed E-state index contributed by atoms with van der Waals surface area (Å²) >= 11 is 0. The predicted molar refractivity (Wildman–Crippen MR) is 66.5 cm³/mol. The van der Waals surface area contributed by atoms with Crippen molar-refractivity contribution in [3.05, 3.63) is 0 Å². The van der Waals surface area contributed by atoms with Crippen LogP contribution in [0.5, 0.6) is 0 Å². The molecule has 1 saturated heterocycles. The molecule has 0 saturated carbocycles. The molecule has 3 heteroatoms. The summed E-state index contributed by atoms with van der Waals surface area (Å²) in [4.78, 5) is 0. The van der Waals surface area contributed by atoms with Crippen molar-refractivity contribution in [1.29, 1.82) is 0 Å². The van der Waals surface area contributed by atoms with Gasteiger partial charge in [-0.3, -0.25) is 0 Å². The second-order valence-electron chi connectivity index (χ2n) is 5.70. The summed E-state index contributed by atoms with van der Waals surface area (Å²) in [6.07, 6.45) is 4.76. The third kappa shape index (κ3) is 5.83. The van der Waals surface area contributed by atoms with Crippen LogP contribution in [0.2, 0.25) is 0 Å². The van der Waals surface area contributed by atoms with Gasteiger partial charge < -0.3 is 15.2 Å². The average Bonchev–Trinajstić information content (AvgIpc) is 2.62. The molecule has 0 aromatic rings. The number of hydrogen-bond donors (Lipinski definition) is 2. The fourth-order valence-electron chi connectivity index (χ4n) is 2.44. The van der Waals surface area contributed by atoms with E-state index >= 15 is 0 Å². The Morgan fingerprint density at radius 1 is 1.50 bits per heavy atom. The molecule has 0 aromatic carbocycles. The Balaban J connectivity index is 2.04. The molecule has 2 atom stereocenters. The third-order valence-electron chi connectivity index (χ3n) is 3.02. The van der Waals surface area contributed by atoms with Crippen LogP contribution >= 0.6 is 0 Å². The zero-order chi connectivity index (χ0) is 12.0. The lowest BCUT2D eigenvalue weighted by Crippen LogP contribution is -2.39. The van der Waals surface area contributed by atoms with Crippen molar-refractivity contribution in [3.8, 4) is 0 Å². The minimum absolute atomic E-state index is 0.447. The van der Waals surface area contributed by atoms with Gasteiger partial charge in [0.05, 0.1) is 11.7 Å². The minimum Gasteiger partial charge on any atom is -0.389 e. The molecular weight excluding hydrogens is 202 g/mol. The van der Waals surface area contributed by atoms with Crippen LogP contribution in [0.4, 0.5) is 0 Å². The van der Waals surface area contributed by atoms with Crippen LogP contribution in [-0.4, -0.2) is 36.5 Å². The third-order valence-corrected chi connectivity index (χ3v) is 3.02. The molecular formula is C13H27NO2. The van der Waals surface area contributed by atoms with Gasteiger partial charge in [-0.15, -0.1) is 0 Å². The lowest BCUT2D eigenvalue weighted by molar-refractivity contribution is 0.0369. The smallest absolute Gasteiger partial charge is 0.0746 e. The SMILES string of the molecule is CC(C)CC(C)(O)CNCCC1CCCO1. The van der Waals surface area contributed by atoms with Crippen molar-refractivity contribution in [2.45, 2.75) is 58.2 Å². The highest BCUT2D eigenvalue weighted by Gasteiger charge is 2.21. The van der Waals surface area contributed by atoms with Crippen molar-refractivity contribution < 1.29 is 9.84 Å². The molecule has 1 aliphatic heterocycles. The molecule has 1 heterocycles. The maximum Gasteiger partial charge on any atom is 0.0746 e. The normalized spacial score (nSPS) is 24.9. The molecule has 16 heavy (non-hydrogen) atoms. The predicted octanol–water partition coefficient (Wildman–Crippen LogP) is 1.94. The number of ether oxygens (including phenoxy) is 1. The van der Waals surface area contributed by atoms with E-state index in [-0.39, 0.29) is 0 Å². The largest absolute Gasteiger partial charge is 0.389 e. The fraction of sp³-hybridized carbons (Fsp3) is 1.00. The second-order valence-corrected chi connectivity index (χ2v) is 5.70. The maximum atomic E-state index is 10.1. The van der Waals surface area contributed by atoms with Crippen LogP contribution in [0, 0.1) is 5.92 Å². The fourth-order valence-corrected chi connectivity index (χ4v) is 2.44. The summed E-state index contributed by atoms with van der Waals surface area (Å²) in [5.41, 5.74) is -0.579. The standard InChI is InChI=1S/C13H27NO2/c1-11(2)9-13(3,15)10-14-7-6-12-5-4-8-16-12/h11-12,14-15H,4-10H2,1-3H3. The van der Waals surface area contributed by atoms with Gasteiger partial charge >= 0.3 is 0 Å². The zero-order valence-corrected chi connectivity index (χ0v) is 11.0. The Hall–Kier alpha value is -0.120.